The topological polar surface area (TPSA) is 12.5 Å². The van der Waals surface area contributed by atoms with E-state index in [1.54, 1.807) is 0 Å². The summed E-state index contributed by atoms with van der Waals surface area (Å²) in [6.07, 6.45) is 7.15. The number of rotatable bonds is 2. The lowest BCUT2D eigenvalue weighted by atomic mass is 9.65. The summed E-state index contributed by atoms with van der Waals surface area (Å²) < 4.78 is 5.46. The molecule has 1 saturated carbocycles. The fraction of sp³-hybridized carbons (Fsp3) is 1.00. The van der Waals surface area contributed by atoms with E-state index in [4.69, 9.17) is 4.74 Å². The summed E-state index contributed by atoms with van der Waals surface area (Å²) in [6, 6.07) is 0. The van der Waals surface area contributed by atoms with E-state index in [0.717, 1.165) is 18.4 Å². The molecule has 3 atom stereocenters. The molecule has 2 rings (SSSR count). The minimum Gasteiger partial charge on any atom is -0.383 e. The van der Waals surface area contributed by atoms with Crippen LogP contribution in [0.4, 0.5) is 0 Å². The van der Waals surface area contributed by atoms with Crippen LogP contribution in [0.15, 0.2) is 0 Å². The van der Waals surface area contributed by atoms with Crippen molar-refractivity contribution < 1.29 is 4.74 Å². The van der Waals surface area contributed by atoms with Gasteiger partial charge in [0, 0.05) is 12.6 Å². The first-order valence-corrected chi connectivity index (χ1v) is 6.38. The van der Waals surface area contributed by atoms with E-state index in [1.807, 2.05) is 7.11 Å². The molecule has 0 aromatic carbocycles. The molecule has 3 unspecified atom stereocenters. The van der Waals surface area contributed by atoms with Crippen molar-refractivity contribution in [1.82, 2.24) is 4.90 Å². The molecule has 1 aliphatic heterocycles. The maximum absolute atomic E-state index is 5.46. The van der Waals surface area contributed by atoms with Crippen LogP contribution in [0, 0.1) is 11.8 Å². The third-order valence-corrected chi connectivity index (χ3v) is 4.85. The van der Waals surface area contributed by atoms with Gasteiger partial charge in [0.2, 0.25) is 0 Å². The SMILES string of the molecule is COCC1(C)C2CCCCC2CCN1C. The zero-order valence-electron chi connectivity index (χ0n) is 10.5. The first-order chi connectivity index (χ1) is 7.18. The third kappa shape index (κ3) is 1.94. The second kappa shape index (κ2) is 4.42. The van der Waals surface area contributed by atoms with Crippen molar-refractivity contribution in [3.8, 4) is 0 Å². The van der Waals surface area contributed by atoms with E-state index < -0.39 is 0 Å². The number of ether oxygens (including phenoxy) is 1. The summed E-state index contributed by atoms with van der Waals surface area (Å²) in [7, 11) is 4.11. The van der Waals surface area contributed by atoms with Crippen LogP contribution < -0.4 is 0 Å². The maximum atomic E-state index is 5.46. The van der Waals surface area contributed by atoms with Gasteiger partial charge in [0.15, 0.2) is 0 Å². The minimum atomic E-state index is 0.290. The number of hydrogen-bond acceptors (Lipinski definition) is 2. The standard InChI is InChI=1S/C13H25NO/c1-13(10-15-3)12-7-5-4-6-11(12)8-9-14(13)2/h11-12H,4-10H2,1-3H3. The molecule has 2 nitrogen and oxygen atoms in total. The van der Waals surface area contributed by atoms with E-state index in [0.29, 0.717) is 0 Å². The van der Waals surface area contributed by atoms with Gasteiger partial charge in [-0.05, 0) is 45.2 Å². The van der Waals surface area contributed by atoms with Crippen molar-refractivity contribution in [1.29, 1.82) is 0 Å². The van der Waals surface area contributed by atoms with Gasteiger partial charge in [-0.25, -0.2) is 0 Å². The highest BCUT2D eigenvalue weighted by Gasteiger charge is 2.46. The Morgan fingerprint density at radius 1 is 1.27 bits per heavy atom. The Kier molecular flexibility index (Phi) is 3.36. The predicted molar refractivity (Wildman–Crippen MR) is 63.0 cm³/mol. The number of likely N-dealkylation sites (N-methyl/N-ethyl adjacent to an activating group) is 1. The van der Waals surface area contributed by atoms with Gasteiger partial charge in [-0.15, -0.1) is 0 Å². The van der Waals surface area contributed by atoms with Crippen molar-refractivity contribution in [2.24, 2.45) is 11.8 Å². The molecule has 1 saturated heterocycles. The van der Waals surface area contributed by atoms with Crippen LogP contribution in [0.2, 0.25) is 0 Å². The Morgan fingerprint density at radius 2 is 2.00 bits per heavy atom. The zero-order valence-corrected chi connectivity index (χ0v) is 10.5. The van der Waals surface area contributed by atoms with Crippen LogP contribution in [-0.2, 0) is 4.74 Å². The van der Waals surface area contributed by atoms with E-state index in [9.17, 15) is 0 Å². The fourth-order valence-electron chi connectivity index (χ4n) is 3.78. The Hall–Kier alpha value is -0.0800. The number of methoxy groups -OCH3 is 1. The molecule has 0 spiro atoms. The van der Waals surface area contributed by atoms with Gasteiger partial charge in [0.25, 0.3) is 0 Å². The summed E-state index contributed by atoms with van der Waals surface area (Å²) in [5.74, 6) is 1.83. The van der Waals surface area contributed by atoms with Gasteiger partial charge in [-0.1, -0.05) is 19.3 Å². The highest BCUT2D eigenvalue weighted by molar-refractivity contribution is 4.99. The van der Waals surface area contributed by atoms with Crippen molar-refractivity contribution in [2.45, 2.75) is 44.6 Å². The molecule has 0 amide bonds. The molecule has 0 bridgehead atoms. The second-order valence-electron chi connectivity index (χ2n) is 5.65. The van der Waals surface area contributed by atoms with Gasteiger partial charge in [-0.3, -0.25) is 4.90 Å². The number of fused-ring (bicyclic) bond motifs is 1. The van der Waals surface area contributed by atoms with E-state index in [1.165, 1.54) is 38.6 Å². The smallest absolute Gasteiger partial charge is 0.0646 e. The lowest BCUT2D eigenvalue weighted by Gasteiger charge is -2.53. The predicted octanol–water partition coefficient (Wildman–Crippen LogP) is 2.53. The second-order valence-corrected chi connectivity index (χ2v) is 5.65. The molecule has 0 aromatic rings. The fourth-order valence-corrected chi connectivity index (χ4v) is 3.78. The van der Waals surface area contributed by atoms with Crippen molar-refractivity contribution in [3.05, 3.63) is 0 Å². The normalized spacial score (nSPS) is 42.6. The Labute approximate surface area is 94.0 Å². The average molecular weight is 211 g/mol. The quantitative estimate of drug-likeness (QED) is 0.696. The van der Waals surface area contributed by atoms with Crippen LogP contribution in [0.5, 0.6) is 0 Å². The average Bonchev–Trinajstić information content (AvgIpc) is 2.25. The molecule has 2 fully saturated rings. The highest BCUT2D eigenvalue weighted by atomic mass is 16.5. The molecule has 2 heteroatoms. The molecule has 15 heavy (non-hydrogen) atoms. The Morgan fingerprint density at radius 3 is 2.73 bits per heavy atom. The Balaban J connectivity index is 2.15. The minimum absolute atomic E-state index is 0.290. The lowest BCUT2D eigenvalue weighted by Crippen LogP contribution is -2.59. The van der Waals surface area contributed by atoms with Crippen LogP contribution >= 0.6 is 0 Å². The maximum Gasteiger partial charge on any atom is 0.0646 e. The van der Waals surface area contributed by atoms with Crippen LogP contribution in [0.1, 0.15) is 39.0 Å². The summed E-state index contributed by atoms with van der Waals surface area (Å²) in [4.78, 5) is 2.53. The largest absolute Gasteiger partial charge is 0.383 e. The number of piperidine rings is 1. The summed E-state index contributed by atoms with van der Waals surface area (Å²) in [6.45, 7) is 4.55. The van der Waals surface area contributed by atoms with Gasteiger partial charge in [-0.2, -0.15) is 0 Å². The molecule has 0 N–H and O–H groups in total. The molecule has 0 radical (unpaired) electrons. The summed E-state index contributed by atoms with van der Waals surface area (Å²) in [5, 5.41) is 0. The number of hydrogen-bond donors (Lipinski definition) is 0. The molecule has 2 aliphatic rings. The summed E-state index contributed by atoms with van der Waals surface area (Å²) in [5.41, 5.74) is 0.290. The first kappa shape index (κ1) is 11.4. The third-order valence-electron chi connectivity index (χ3n) is 4.85. The first-order valence-electron chi connectivity index (χ1n) is 6.38. The van der Waals surface area contributed by atoms with Crippen LogP contribution in [0.25, 0.3) is 0 Å². The monoisotopic (exact) mass is 211 g/mol. The zero-order chi connectivity index (χ0) is 10.9. The molecular weight excluding hydrogens is 186 g/mol. The summed E-state index contributed by atoms with van der Waals surface area (Å²) >= 11 is 0. The van der Waals surface area contributed by atoms with Gasteiger partial charge < -0.3 is 4.74 Å². The van der Waals surface area contributed by atoms with Crippen molar-refractivity contribution in [2.75, 3.05) is 27.3 Å². The molecule has 0 aromatic heterocycles. The van der Waals surface area contributed by atoms with Crippen molar-refractivity contribution in [3.63, 3.8) is 0 Å². The molecular formula is C13H25NO. The van der Waals surface area contributed by atoms with E-state index in [-0.39, 0.29) is 5.54 Å². The number of likely N-dealkylation sites (tertiary alicyclic amines) is 1. The van der Waals surface area contributed by atoms with Crippen LogP contribution in [0.3, 0.4) is 0 Å². The molecule has 88 valence electrons. The number of nitrogens with zero attached hydrogens (tertiary/aromatic N) is 1. The molecule has 1 heterocycles. The van der Waals surface area contributed by atoms with E-state index >= 15 is 0 Å². The lowest BCUT2D eigenvalue weighted by molar-refractivity contribution is -0.0702. The highest BCUT2D eigenvalue weighted by Crippen LogP contribution is 2.44. The van der Waals surface area contributed by atoms with Crippen molar-refractivity contribution >= 4 is 0 Å². The Bertz CT molecular complexity index is 219. The van der Waals surface area contributed by atoms with Crippen LogP contribution in [-0.4, -0.2) is 37.7 Å². The van der Waals surface area contributed by atoms with Gasteiger partial charge in [0.1, 0.15) is 0 Å². The van der Waals surface area contributed by atoms with Gasteiger partial charge in [0.05, 0.1) is 6.61 Å². The van der Waals surface area contributed by atoms with Gasteiger partial charge >= 0.3 is 0 Å². The molecule has 1 aliphatic carbocycles. The van der Waals surface area contributed by atoms with E-state index in [2.05, 4.69) is 18.9 Å².